The largest absolute Gasteiger partial charge is 0.362 e. The van der Waals surface area contributed by atoms with E-state index in [4.69, 9.17) is 12.2 Å². The van der Waals surface area contributed by atoms with Crippen molar-refractivity contribution >= 4 is 34.4 Å². The summed E-state index contributed by atoms with van der Waals surface area (Å²) in [4.78, 5) is 2.39. The molecule has 1 atom stereocenters. The number of thiocarbonyl (C=S) groups is 1. The second-order valence-electron chi connectivity index (χ2n) is 6.67. The molecule has 3 rings (SSSR count). The predicted molar refractivity (Wildman–Crippen MR) is 111 cm³/mol. The fraction of sp³-hybridized carbons (Fsp3) is 0.350. The molecule has 0 aromatic heterocycles. The van der Waals surface area contributed by atoms with Crippen LogP contribution in [0.25, 0.3) is 0 Å². The first-order valence-corrected chi connectivity index (χ1v) is 9.25. The van der Waals surface area contributed by atoms with E-state index in [0.717, 1.165) is 30.2 Å². The molecule has 132 valence electrons. The Morgan fingerprint density at radius 3 is 2.44 bits per heavy atom. The van der Waals surface area contributed by atoms with Crippen molar-refractivity contribution in [3.8, 4) is 0 Å². The molecule has 25 heavy (non-hydrogen) atoms. The van der Waals surface area contributed by atoms with Crippen molar-refractivity contribution in [1.29, 1.82) is 0 Å². The van der Waals surface area contributed by atoms with Gasteiger partial charge in [-0.25, -0.2) is 0 Å². The number of anilines is 3. The zero-order chi connectivity index (χ0) is 17.5. The minimum absolute atomic E-state index is 0.677. The van der Waals surface area contributed by atoms with Crippen molar-refractivity contribution in [3.05, 3.63) is 54.6 Å². The lowest BCUT2D eigenvalue weighted by Crippen LogP contribution is -2.40. The van der Waals surface area contributed by atoms with Crippen molar-refractivity contribution < 1.29 is 0 Å². The number of benzene rings is 2. The molecule has 1 aliphatic heterocycles. The molecule has 0 radical (unpaired) electrons. The molecule has 0 saturated carbocycles. The molecule has 0 spiro atoms. The van der Waals surface area contributed by atoms with Crippen LogP contribution >= 0.6 is 12.2 Å². The predicted octanol–water partition coefficient (Wildman–Crippen LogP) is 4.06. The van der Waals surface area contributed by atoms with Gasteiger partial charge in [0.15, 0.2) is 5.11 Å². The van der Waals surface area contributed by atoms with Crippen LogP contribution in [0, 0.1) is 5.92 Å². The normalized spacial score (nSPS) is 17.7. The molecular weight excluding hydrogens is 328 g/mol. The van der Waals surface area contributed by atoms with E-state index in [0.29, 0.717) is 11.0 Å². The van der Waals surface area contributed by atoms with Crippen LogP contribution in [0.5, 0.6) is 0 Å². The van der Waals surface area contributed by atoms with Gasteiger partial charge in [0, 0.05) is 30.2 Å². The minimum Gasteiger partial charge on any atom is -0.362 e. The minimum atomic E-state index is 0.677. The molecule has 4 nitrogen and oxygen atoms in total. The van der Waals surface area contributed by atoms with Gasteiger partial charge in [-0.2, -0.15) is 0 Å². The molecule has 2 aromatic carbocycles. The van der Waals surface area contributed by atoms with E-state index in [1.165, 1.54) is 19.4 Å². The van der Waals surface area contributed by atoms with Gasteiger partial charge in [-0.1, -0.05) is 18.2 Å². The van der Waals surface area contributed by atoms with Crippen molar-refractivity contribution in [1.82, 2.24) is 10.2 Å². The standard InChI is InChI=1S/C20H26N4S/c1-24-13-5-6-16(15-24)14-21-20(25)23-19-11-9-18(10-12-19)22-17-7-3-2-4-8-17/h2-4,7-12,16,22H,5-6,13-15H2,1H3,(H2,21,23,25)/t16-/m0/s1. The highest BCUT2D eigenvalue weighted by Crippen LogP contribution is 2.19. The smallest absolute Gasteiger partial charge is 0.170 e. The monoisotopic (exact) mass is 354 g/mol. The van der Waals surface area contributed by atoms with Gasteiger partial charge in [0.1, 0.15) is 0 Å². The highest BCUT2D eigenvalue weighted by atomic mass is 32.1. The third kappa shape index (κ3) is 5.73. The maximum absolute atomic E-state index is 5.42. The maximum Gasteiger partial charge on any atom is 0.170 e. The van der Waals surface area contributed by atoms with Gasteiger partial charge in [-0.15, -0.1) is 0 Å². The van der Waals surface area contributed by atoms with E-state index in [-0.39, 0.29) is 0 Å². The van der Waals surface area contributed by atoms with E-state index in [9.17, 15) is 0 Å². The number of likely N-dealkylation sites (tertiary alicyclic amines) is 1. The van der Waals surface area contributed by atoms with Gasteiger partial charge in [-0.05, 0) is 81.0 Å². The second kappa shape index (κ2) is 8.83. The van der Waals surface area contributed by atoms with Crippen LogP contribution < -0.4 is 16.0 Å². The van der Waals surface area contributed by atoms with Gasteiger partial charge in [0.2, 0.25) is 0 Å². The summed E-state index contributed by atoms with van der Waals surface area (Å²) >= 11 is 5.42. The summed E-state index contributed by atoms with van der Waals surface area (Å²) in [6.07, 6.45) is 2.55. The van der Waals surface area contributed by atoms with E-state index in [1.54, 1.807) is 0 Å². The average Bonchev–Trinajstić information content (AvgIpc) is 2.63. The third-order valence-electron chi connectivity index (χ3n) is 4.48. The first-order chi connectivity index (χ1) is 12.2. The second-order valence-corrected chi connectivity index (χ2v) is 7.08. The lowest BCUT2D eigenvalue weighted by molar-refractivity contribution is 0.211. The number of hydrogen-bond acceptors (Lipinski definition) is 3. The summed E-state index contributed by atoms with van der Waals surface area (Å²) in [5.41, 5.74) is 3.13. The van der Waals surface area contributed by atoms with Gasteiger partial charge in [0.25, 0.3) is 0 Å². The summed E-state index contributed by atoms with van der Waals surface area (Å²) in [5.74, 6) is 0.677. The zero-order valence-corrected chi connectivity index (χ0v) is 15.5. The number of piperidine rings is 1. The molecule has 1 heterocycles. The molecule has 5 heteroatoms. The Morgan fingerprint density at radius 2 is 1.72 bits per heavy atom. The Balaban J connectivity index is 1.45. The van der Waals surface area contributed by atoms with E-state index in [2.05, 4.69) is 27.9 Å². The Hall–Kier alpha value is -2.11. The fourth-order valence-corrected chi connectivity index (χ4v) is 3.38. The van der Waals surface area contributed by atoms with Crippen LogP contribution in [0.2, 0.25) is 0 Å². The maximum atomic E-state index is 5.42. The quantitative estimate of drug-likeness (QED) is 0.707. The molecule has 0 unspecified atom stereocenters. The summed E-state index contributed by atoms with van der Waals surface area (Å²) in [6, 6.07) is 18.3. The molecule has 2 aromatic rings. The van der Waals surface area contributed by atoms with Crippen LogP contribution in [-0.2, 0) is 0 Å². The van der Waals surface area contributed by atoms with Crippen LogP contribution in [0.1, 0.15) is 12.8 Å². The number of nitrogens with zero attached hydrogens (tertiary/aromatic N) is 1. The first kappa shape index (κ1) is 17.7. The summed E-state index contributed by atoms with van der Waals surface area (Å²) in [7, 11) is 2.19. The van der Waals surface area contributed by atoms with Crippen LogP contribution in [-0.4, -0.2) is 36.7 Å². The Kier molecular flexibility index (Phi) is 6.25. The van der Waals surface area contributed by atoms with Gasteiger partial charge < -0.3 is 20.9 Å². The Morgan fingerprint density at radius 1 is 1.04 bits per heavy atom. The molecule has 0 bridgehead atoms. The molecular formula is C20H26N4S. The van der Waals surface area contributed by atoms with Gasteiger partial charge in [0.05, 0.1) is 0 Å². The molecule has 1 fully saturated rings. The number of nitrogens with one attached hydrogen (secondary N) is 3. The van der Waals surface area contributed by atoms with E-state index >= 15 is 0 Å². The van der Waals surface area contributed by atoms with Gasteiger partial charge in [-0.3, -0.25) is 0 Å². The van der Waals surface area contributed by atoms with Crippen LogP contribution in [0.15, 0.2) is 54.6 Å². The summed E-state index contributed by atoms with van der Waals surface area (Å²) in [5, 5.41) is 10.7. The first-order valence-electron chi connectivity index (χ1n) is 8.84. The van der Waals surface area contributed by atoms with Crippen LogP contribution in [0.4, 0.5) is 17.1 Å². The molecule has 1 saturated heterocycles. The summed E-state index contributed by atoms with van der Waals surface area (Å²) in [6.45, 7) is 3.29. The summed E-state index contributed by atoms with van der Waals surface area (Å²) < 4.78 is 0. The van der Waals surface area contributed by atoms with Crippen molar-refractivity contribution in [2.75, 3.05) is 37.3 Å². The van der Waals surface area contributed by atoms with Crippen molar-refractivity contribution in [2.24, 2.45) is 5.92 Å². The number of rotatable bonds is 5. The Bertz CT molecular complexity index is 672. The van der Waals surface area contributed by atoms with E-state index < -0.39 is 0 Å². The highest BCUT2D eigenvalue weighted by Gasteiger charge is 2.16. The fourth-order valence-electron chi connectivity index (χ4n) is 3.18. The zero-order valence-electron chi connectivity index (χ0n) is 14.7. The number of hydrogen-bond donors (Lipinski definition) is 3. The topological polar surface area (TPSA) is 39.3 Å². The lowest BCUT2D eigenvalue weighted by atomic mass is 9.99. The molecule has 3 N–H and O–H groups in total. The van der Waals surface area contributed by atoms with Gasteiger partial charge >= 0.3 is 0 Å². The molecule has 1 aliphatic rings. The molecule has 0 aliphatic carbocycles. The average molecular weight is 355 g/mol. The Labute approximate surface area is 155 Å². The SMILES string of the molecule is CN1CCC[C@@H](CNC(=S)Nc2ccc(Nc3ccccc3)cc2)C1. The van der Waals surface area contributed by atoms with Crippen molar-refractivity contribution in [2.45, 2.75) is 12.8 Å². The number of para-hydroxylation sites is 1. The third-order valence-corrected chi connectivity index (χ3v) is 4.73. The lowest BCUT2D eigenvalue weighted by Gasteiger charge is -2.30. The van der Waals surface area contributed by atoms with Crippen molar-refractivity contribution in [3.63, 3.8) is 0 Å². The van der Waals surface area contributed by atoms with E-state index in [1.807, 2.05) is 54.6 Å². The van der Waals surface area contributed by atoms with Crippen LogP contribution in [0.3, 0.4) is 0 Å². The molecule has 0 amide bonds. The highest BCUT2D eigenvalue weighted by molar-refractivity contribution is 7.80.